The minimum atomic E-state index is -5.38. The Morgan fingerprint density at radius 2 is 1.04 bits per heavy atom. The molecule has 0 N–H and O–H groups in total. The number of fused-ring (bicyclic) bond motifs is 2. The molecule has 0 saturated heterocycles. The number of esters is 1. The van der Waals surface area contributed by atoms with E-state index in [0.29, 0.717) is 40.8 Å². The molecule has 18 heteroatoms. The van der Waals surface area contributed by atoms with Crippen molar-refractivity contribution in [3.8, 4) is 27.9 Å². The standard InChI is InChI=1S/C67H55F12NO5/c1-11-46(31-49(47(12-2)34(3)4)36-22-39(62(5,6)7)28-40(23-36)63(8,9)10)84-55(81)21-35-17-19-45(20-18-35)80-60(82)52-32-50(37-24-41(64(68,69)70)29-42(25-37)65(71,72)73)56-48-15-13-14-16-54(48)85-59-51(33-53(61(80)83)57(52)58(56)59)38-26-43(66(74,75)76)30-44(27-38)67(77,78)79/h11,13-20,22-34H,1,12,21H2,2-10H3/b46-31+,49-47-. The van der Waals surface area contributed by atoms with E-state index in [1.165, 1.54) is 54.6 Å². The normalized spacial score (nSPS) is 13.6. The number of hydrogen-bond donors (Lipinski definition) is 0. The summed E-state index contributed by atoms with van der Waals surface area (Å²) in [5.74, 6) is -0.515. The molecule has 85 heavy (non-hydrogen) atoms. The zero-order chi connectivity index (χ0) is 62.4. The van der Waals surface area contributed by atoms with Crippen molar-refractivity contribution in [2.24, 2.45) is 5.92 Å². The molecule has 0 bridgehead atoms. The fraction of sp³-hybridized carbons (Fsp3) is 0.269. The molecular formula is C67H55F12NO5. The van der Waals surface area contributed by atoms with Gasteiger partial charge >= 0.3 is 30.7 Å². The third-order valence-electron chi connectivity index (χ3n) is 15.1. The van der Waals surface area contributed by atoms with Gasteiger partial charge in [0, 0.05) is 37.9 Å². The number of carbonyl (C=O) groups is 1. The summed E-state index contributed by atoms with van der Waals surface area (Å²) >= 11 is 0. The Kier molecular flexibility index (Phi) is 15.5. The molecule has 0 amide bonds. The molecule has 9 aromatic rings. The van der Waals surface area contributed by atoms with Crippen molar-refractivity contribution >= 4 is 55.0 Å². The lowest BCUT2D eigenvalue weighted by Crippen LogP contribution is -2.32. The molecule has 0 aliphatic heterocycles. The van der Waals surface area contributed by atoms with Crippen molar-refractivity contribution in [1.82, 2.24) is 4.57 Å². The molecule has 2 aromatic heterocycles. The number of carbonyl (C=O) groups excluding carboxylic acids is 1. The summed E-state index contributed by atoms with van der Waals surface area (Å²) in [6.45, 7) is 22.8. The van der Waals surface area contributed by atoms with Crippen molar-refractivity contribution in [2.45, 2.75) is 111 Å². The number of nitrogens with zero attached hydrogens (tertiary/aromatic N) is 1. The average molecular weight is 1180 g/mol. The van der Waals surface area contributed by atoms with Gasteiger partial charge in [-0.25, -0.2) is 4.57 Å². The van der Waals surface area contributed by atoms with E-state index in [1.54, 1.807) is 6.08 Å². The highest BCUT2D eigenvalue weighted by molar-refractivity contribution is 6.32. The second kappa shape index (κ2) is 21.6. The van der Waals surface area contributed by atoms with Gasteiger partial charge in [-0.15, -0.1) is 0 Å². The number of ether oxygens (including phenoxy) is 1. The highest BCUT2D eigenvalue weighted by atomic mass is 19.4. The summed E-state index contributed by atoms with van der Waals surface area (Å²) in [6.07, 6.45) is -18.0. The van der Waals surface area contributed by atoms with Gasteiger partial charge < -0.3 is 9.15 Å². The molecule has 0 atom stereocenters. The summed E-state index contributed by atoms with van der Waals surface area (Å²) in [5, 5.41) is -2.02. The monoisotopic (exact) mass is 1180 g/mol. The topological polar surface area (TPSA) is 78.5 Å². The highest BCUT2D eigenvalue weighted by Gasteiger charge is 2.40. The molecule has 9 rings (SSSR count). The minimum Gasteiger partial charge on any atom is -0.455 e. The van der Waals surface area contributed by atoms with E-state index in [9.17, 15) is 57.5 Å². The Morgan fingerprint density at radius 3 is 1.48 bits per heavy atom. The van der Waals surface area contributed by atoms with Crippen LogP contribution in [0, 0.1) is 5.92 Å². The second-order valence-corrected chi connectivity index (χ2v) is 23.3. The van der Waals surface area contributed by atoms with Gasteiger partial charge in [-0.1, -0.05) is 123 Å². The maximum Gasteiger partial charge on any atom is 0.416 e. The first kappa shape index (κ1) is 61.2. The molecule has 0 fully saturated rings. The molecule has 2 heterocycles. The van der Waals surface area contributed by atoms with Gasteiger partial charge in [-0.2, -0.15) is 52.7 Å². The smallest absolute Gasteiger partial charge is 0.416 e. The van der Waals surface area contributed by atoms with E-state index in [-0.39, 0.29) is 73.9 Å². The summed E-state index contributed by atoms with van der Waals surface area (Å²) in [4.78, 5) is 44.0. The van der Waals surface area contributed by atoms with Gasteiger partial charge in [0.15, 0.2) is 0 Å². The van der Waals surface area contributed by atoms with Crippen LogP contribution in [0.5, 0.6) is 0 Å². The SMILES string of the molecule is C=C/C(=C\C(=C(/CC)C(C)C)c1cc(C(C)(C)C)cc(C(C)(C)C)c1)OC(=O)Cc1ccc(-n2c(=O)c3cc(-c4cc(C(F)(F)F)cc(C(F)(F)F)c4)c4oc5ccccc5c5c(-c6cc(C(F)(F)F)cc(C(F)(F)F)c6)cc(c2=O)c3c45)cc1. The number of aromatic nitrogens is 1. The molecular weight excluding hydrogens is 1130 g/mol. The molecule has 0 aliphatic rings. The van der Waals surface area contributed by atoms with Crippen LogP contribution >= 0.6 is 0 Å². The molecule has 442 valence electrons. The third-order valence-corrected chi connectivity index (χ3v) is 15.1. The lowest BCUT2D eigenvalue weighted by Gasteiger charge is -2.27. The highest BCUT2D eigenvalue weighted by Crippen LogP contribution is 2.49. The van der Waals surface area contributed by atoms with Crippen LogP contribution in [0.25, 0.3) is 77.0 Å². The van der Waals surface area contributed by atoms with Crippen molar-refractivity contribution in [2.75, 3.05) is 0 Å². The molecule has 0 aliphatic carbocycles. The summed E-state index contributed by atoms with van der Waals surface area (Å²) in [5.41, 5.74) is -8.08. The van der Waals surface area contributed by atoms with Crippen LogP contribution in [0.15, 0.2) is 159 Å². The number of pyridine rings is 1. The van der Waals surface area contributed by atoms with Crippen molar-refractivity contribution in [3.05, 3.63) is 211 Å². The molecule has 0 saturated carbocycles. The summed E-state index contributed by atoms with van der Waals surface area (Å²) in [7, 11) is 0. The van der Waals surface area contributed by atoms with Crippen LogP contribution in [-0.2, 0) is 51.5 Å². The van der Waals surface area contributed by atoms with E-state index < -0.39 is 103 Å². The first-order chi connectivity index (χ1) is 39.4. The van der Waals surface area contributed by atoms with Crippen LogP contribution in [-0.4, -0.2) is 10.5 Å². The summed E-state index contributed by atoms with van der Waals surface area (Å²) < 4.78 is 187. The fourth-order valence-corrected chi connectivity index (χ4v) is 10.7. The van der Waals surface area contributed by atoms with Crippen LogP contribution < -0.4 is 11.1 Å². The van der Waals surface area contributed by atoms with E-state index in [2.05, 4.69) is 80.2 Å². The van der Waals surface area contributed by atoms with E-state index in [1.807, 2.05) is 6.92 Å². The zero-order valence-electron chi connectivity index (χ0n) is 47.3. The number of rotatable bonds is 11. The molecule has 6 nitrogen and oxygen atoms in total. The van der Waals surface area contributed by atoms with Gasteiger partial charge in [0.05, 0.1) is 34.4 Å². The number of alkyl halides is 12. The number of halogens is 12. The zero-order valence-corrected chi connectivity index (χ0v) is 47.3. The van der Waals surface area contributed by atoms with Gasteiger partial charge in [-0.05, 0) is 147 Å². The quantitative estimate of drug-likeness (QED) is 0.0322. The van der Waals surface area contributed by atoms with Crippen molar-refractivity contribution in [3.63, 3.8) is 0 Å². The van der Waals surface area contributed by atoms with E-state index >= 15 is 9.59 Å². The maximum absolute atomic E-state index is 15.1. The van der Waals surface area contributed by atoms with E-state index in [4.69, 9.17) is 9.15 Å². The predicted octanol–water partition coefficient (Wildman–Crippen LogP) is 19.5. The van der Waals surface area contributed by atoms with Crippen LogP contribution in [0.2, 0.25) is 0 Å². The molecule has 0 radical (unpaired) electrons. The fourth-order valence-electron chi connectivity index (χ4n) is 10.7. The predicted molar refractivity (Wildman–Crippen MR) is 307 cm³/mol. The summed E-state index contributed by atoms with van der Waals surface area (Å²) in [6, 6.07) is 20.4. The Balaban J connectivity index is 1.24. The van der Waals surface area contributed by atoms with Gasteiger partial charge in [0.1, 0.15) is 16.9 Å². The maximum atomic E-state index is 15.1. The first-order valence-electron chi connectivity index (χ1n) is 26.9. The Hall–Kier alpha value is -8.41. The molecule has 7 aromatic carbocycles. The number of para-hydroxylation sites is 1. The number of hydrogen-bond acceptors (Lipinski definition) is 5. The minimum absolute atomic E-state index is 0.0310. The number of allylic oxidation sites excluding steroid dienone is 4. The first-order valence-corrected chi connectivity index (χ1v) is 26.9. The van der Waals surface area contributed by atoms with Gasteiger partial charge in [0.2, 0.25) is 0 Å². The van der Waals surface area contributed by atoms with Crippen LogP contribution in [0.1, 0.15) is 113 Å². The van der Waals surface area contributed by atoms with Gasteiger partial charge in [-0.3, -0.25) is 14.4 Å². The van der Waals surface area contributed by atoms with Crippen molar-refractivity contribution in [1.29, 1.82) is 0 Å². The Labute approximate surface area is 479 Å². The van der Waals surface area contributed by atoms with Crippen molar-refractivity contribution < 1.29 is 66.6 Å². The lowest BCUT2D eigenvalue weighted by atomic mass is 9.78. The number of benzene rings is 7. The Morgan fingerprint density at radius 1 is 0.576 bits per heavy atom. The van der Waals surface area contributed by atoms with Crippen LogP contribution in [0.3, 0.4) is 0 Å². The van der Waals surface area contributed by atoms with E-state index in [0.717, 1.165) is 40.0 Å². The van der Waals surface area contributed by atoms with Gasteiger partial charge in [0.25, 0.3) is 11.1 Å². The van der Waals surface area contributed by atoms with Crippen LogP contribution in [0.4, 0.5) is 52.7 Å². The largest absolute Gasteiger partial charge is 0.455 e. The third kappa shape index (κ3) is 12.0. The Bertz CT molecular complexity index is 4220. The molecule has 0 spiro atoms. The average Bonchev–Trinajstić information content (AvgIpc) is 0.709. The second-order valence-electron chi connectivity index (χ2n) is 23.3. The lowest BCUT2D eigenvalue weighted by molar-refractivity contribution is -0.144. The molecule has 0 unspecified atom stereocenters.